The predicted octanol–water partition coefficient (Wildman–Crippen LogP) is 0.573. The van der Waals surface area contributed by atoms with E-state index in [1.807, 2.05) is 0 Å². The van der Waals surface area contributed by atoms with Crippen LogP contribution in [-0.4, -0.2) is 45.8 Å². The number of fused-ring (bicyclic) bond motifs is 2. The van der Waals surface area contributed by atoms with Crippen LogP contribution in [0, 0.1) is 11.8 Å². The number of carbonyl (C=O) groups is 1. The van der Waals surface area contributed by atoms with E-state index in [4.69, 9.17) is 18.9 Å². The van der Waals surface area contributed by atoms with Gasteiger partial charge in [0.25, 0.3) is 0 Å². The number of hydrogen-bond donors (Lipinski definition) is 0. The Morgan fingerprint density at radius 1 is 1.31 bits per heavy atom. The van der Waals surface area contributed by atoms with Crippen LogP contribution in [0.2, 0.25) is 0 Å². The molecule has 92 valence electrons. The summed E-state index contributed by atoms with van der Waals surface area (Å²) in [5.74, 6) is -0.236. The summed E-state index contributed by atoms with van der Waals surface area (Å²) in [6.45, 7) is 0.747. The van der Waals surface area contributed by atoms with Crippen molar-refractivity contribution < 1.29 is 23.7 Å². The van der Waals surface area contributed by atoms with E-state index in [0.717, 1.165) is 12.8 Å². The molecule has 16 heavy (non-hydrogen) atoms. The molecule has 0 aromatic rings. The highest BCUT2D eigenvalue weighted by Gasteiger charge is 2.52. The molecule has 0 aromatic carbocycles. The molecule has 2 aliphatic rings. The molecule has 0 N–H and O–H groups in total. The van der Waals surface area contributed by atoms with Crippen molar-refractivity contribution >= 4 is 5.97 Å². The molecule has 2 aliphatic heterocycles. The maximum Gasteiger partial charge on any atom is 0.311 e. The van der Waals surface area contributed by atoms with E-state index in [9.17, 15) is 4.79 Å². The van der Waals surface area contributed by atoms with Crippen LogP contribution in [0.4, 0.5) is 0 Å². The normalized spacial score (nSPS) is 36.6. The monoisotopic (exact) mass is 230 g/mol. The minimum atomic E-state index is -0.182. The Labute approximate surface area is 95.0 Å². The molecular formula is C11H18O5. The topological polar surface area (TPSA) is 54.0 Å². The van der Waals surface area contributed by atoms with Gasteiger partial charge in [-0.15, -0.1) is 0 Å². The van der Waals surface area contributed by atoms with Crippen LogP contribution in [0.15, 0.2) is 0 Å². The average Bonchev–Trinajstić information content (AvgIpc) is 2.88. The predicted molar refractivity (Wildman–Crippen MR) is 54.7 cm³/mol. The van der Waals surface area contributed by atoms with Gasteiger partial charge >= 0.3 is 5.97 Å². The van der Waals surface area contributed by atoms with Crippen molar-refractivity contribution in [2.45, 2.75) is 25.0 Å². The Kier molecular flexibility index (Phi) is 3.78. The lowest BCUT2D eigenvalue weighted by molar-refractivity contribution is -0.150. The summed E-state index contributed by atoms with van der Waals surface area (Å²) in [7, 11) is 3.00. The maximum absolute atomic E-state index is 11.7. The molecule has 0 radical (unpaired) electrons. The lowest BCUT2D eigenvalue weighted by Crippen LogP contribution is -2.37. The number of ether oxygens (including phenoxy) is 4. The number of hydrogen-bond acceptors (Lipinski definition) is 5. The Hall–Kier alpha value is -0.650. The number of esters is 1. The van der Waals surface area contributed by atoms with Crippen LogP contribution >= 0.6 is 0 Å². The molecule has 0 saturated carbocycles. The second kappa shape index (κ2) is 5.12. The van der Waals surface area contributed by atoms with E-state index in [-0.39, 0.29) is 36.8 Å². The molecule has 0 unspecified atom stereocenters. The number of carbonyl (C=O) groups excluding carboxylic acids is 1. The Bertz CT molecular complexity index is 255. The van der Waals surface area contributed by atoms with E-state index in [2.05, 4.69) is 0 Å². The van der Waals surface area contributed by atoms with Crippen LogP contribution in [0.5, 0.6) is 0 Å². The zero-order chi connectivity index (χ0) is 11.5. The lowest BCUT2D eigenvalue weighted by Gasteiger charge is -2.25. The molecule has 4 atom stereocenters. The lowest BCUT2D eigenvalue weighted by atomic mass is 9.80. The fraction of sp³-hybridized carbons (Fsp3) is 0.909. The van der Waals surface area contributed by atoms with Crippen molar-refractivity contribution in [1.29, 1.82) is 0 Å². The van der Waals surface area contributed by atoms with Crippen LogP contribution < -0.4 is 0 Å². The summed E-state index contributed by atoms with van der Waals surface area (Å²) in [6, 6.07) is 0. The van der Waals surface area contributed by atoms with Gasteiger partial charge in [-0.1, -0.05) is 0 Å². The average molecular weight is 230 g/mol. The van der Waals surface area contributed by atoms with Crippen LogP contribution in [0.1, 0.15) is 12.8 Å². The van der Waals surface area contributed by atoms with Crippen LogP contribution in [0.25, 0.3) is 0 Å². The van der Waals surface area contributed by atoms with Gasteiger partial charge in [0.1, 0.15) is 6.79 Å². The van der Waals surface area contributed by atoms with Gasteiger partial charge in [0.2, 0.25) is 0 Å². The smallest absolute Gasteiger partial charge is 0.311 e. The maximum atomic E-state index is 11.7. The molecule has 0 amide bonds. The van der Waals surface area contributed by atoms with Crippen molar-refractivity contribution in [3.8, 4) is 0 Å². The summed E-state index contributed by atoms with van der Waals surface area (Å²) in [6.07, 6.45) is 2.13. The number of methoxy groups -OCH3 is 2. The van der Waals surface area contributed by atoms with E-state index < -0.39 is 0 Å². The van der Waals surface area contributed by atoms with Gasteiger partial charge < -0.3 is 18.9 Å². The van der Waals surface area contributed by atoms with Crippen molar-refractivity contribution in [3.05, 3.63) is 0 Å². The van der Waals surface area contributed by atoms with Gasteiger partial charge in [0.05, 0.1) is 31.8 Å². The van der Waals surface area contributed by atoms with Gasteiger partial charge in [0, 0.05) is 13.0 Å². The van der Waals surface area contributed by atoms with Gasteiger partial charge in [0.15, 0.2) is 0 Å². The summed E-state index contributed by atoms with van der Waals surface area (Å²) in [5, 5.41) is 0. The molecule has 5 heteroatoms. The Balaban J connectivity index is 1.95. The first-order valence-corrected chi connectivity index (χ1v) is 5.58. The first-order valence-electron chi connectivity index (χ1n) is 5.58. The van der Waals surface area contributed by atoms with Crippen molar-refractivity contribution in [2.75, 3.05) is 27.6 Å². The van der Waals surface area contributed by atoms with E-state index in [1.54, 1.807) is 7.11 Å². The molecule has 0 spiro atoms. The summed E-state index contributed by atoms with van der Waals surface area (Å²) in [5.41, 5.74) is 0. The standard InChI is InChI=1S/C11H18O5/c1-13-6-15-5-7-8-3-4-9(16-8)10(7)11(12)14-2/h7-10H,3-6H2,1-2H3/t7-,8+,9-,10-/m0/s1. The first kappa shape index (κ1) is 11.8. The molecule has 2 fully saturated rings. The molecule has 2 saturated heterocycles. The molecule has 2 rings (SSSR count). The quantitative estimate of drug-likeness (QED) is 0.393. The van der Waals surface area contributed by atoms with Crippen molar-refractivity contribution in [1.82, 2.24) is 0 Å². The molecule has 2 heterocycles. The van der Waals surface area contributed by atoms with Crippen LogP contribution in [0.3, 0.4) is 0 Å². The highest BCUT2D eigenvalue weighted by molar-refractivity contribution is 5.74. The van der Waals surface area contributed by atoms with E-state index >= 15 is 0 Å². The van der Waals surface area contributed by atoms with Gasteiger partial charge in [-0.05, 0) is 12.8 Å². The minimum absolute atomic E-state index is 0.0218. The summed E-state index contributed by atoms with van der Waals surface area (Å²) < 4.78 is 20.7. The SMILES string of the molecule is COCOC[C@@H]1[C@H](C(=O)OC)[C@@H]2CC[C@H]1O2. The number of rotatable bonds is 5. The molecule has 0 aromatic heterocycles. The van der Waals surface area contributed by atoms with Gasteiger partial charge in [-0.3, -0.25) is 4.79 Å². The zero-order valence-corrected chi connectivity index (χ0v) is 9.68. The second-order valence-electron chi connectivity index (χ2n) is 4.28. The second-order valence-corrected chi connectivity index (χ2v) is 4.28. The van der Waals surface area contributed by atoms with Gasteiger partial charge in [-0.25, -0.2) is 0 Å². The van der Waals surface area contributed by atoms with E-state index in [1.165, 1.54) is 7.11 Å². The molecule has 2 bridgehead atoms. The fourth-order valence-electron chi connectivity index (χ4n) is 2.72. The molecule has 5 nitrogen and oxygen atoms in total. The third-order valence-corrected chi connectivity index (χ3v) is 3.41. The third-order valence-electron chi connectivity index (χ3n) is 3.41. The first-order chi connectivity index (χ1) is 7.77. The fourth-order valence-corrected chi connectivity index (χ4v) is 2.72. The van der Waals surface area contributed by atoms with Crippen molar-refractivity contribution in [2.24, 2.45) is 11.8 Å². The third kappa shape index (κ3) is 2.07. The highest BCUT2D eigenvalue weighted by Crippen LogP contribution is 2.44. The van der Waals surface area contributed by atoms with E-state index in [0.29, 0.717) is 6.61 Å². The Morgan fingerprint density at radius 2 is 2.06 bits per heavy atom. The van der Waals surface area contributed by atoms with Gasteiger partial charge in [-0.2, -0.15) is 0 Å². The molecule has 0 aliphatic carbocycles. The minimum Gasteiger partial charge on any atom is -0.469 e. The van der Waals surface area contributed by atoms with Crippen molar-refractivity contribution in [3.63, 3.8) is 0 Å². The van der Waals surface area contributed by atoms with Crippen LogP contribution in [-0.2, 0) is 23.7 Å². The summed E-state index contributed by atoms with van der Waals surface area (Å²) >= 11 is 0. The molecular weight excluding hydrogens is 212 g/mol. The largest absolute Gasteiger partial charge is 0.469 e. The highest BCUT2D eigenvalue weighted by atomic mass is 16.7. The zero-order valence-electron chi connectivity index (χ0n) is 9.68. The Morgan fingerprint density at radius 3 is 2.75 bits per heavy atom. The summed E-state index contributed by atoms with van der Waals surface area (Å²) in [4.78, 5) is 11.7.